The van der Waals surface area contributed by atoms with Crippen molar-refractivity contribution in [2.24, 2.45) is 0 Å². The van der Waals surface area contributed by atoms with Gasteiger partial charge in [-0.2, -0.15) is 0 Å². The lowest BCUT2D eigenvalue weighted by molar-refractivity contribution is -0.140. The number of likely N-dealkylation sites (tertiary alicyclic amines) is 1. The Bertz CT molecular complexity index is 267. The van der Waals surface area contributed by atoms with Crippen LogP contribution in [0.25, 0.3) is 0 Å². The Morgan fingerprint density at radius 1 is 1.33 bits per heavy atom. The van der Waals surface area contributed by atoms with Gasteiger partial charge in [0.05, 0.1) is 7.11 Å². The minimum absolute atomic E-state index is 0.0836. The molecule has 0 bridgehead atoms. The zero-order chi connectivity index (χ0) is 12.8. The predicted octanol–water partition coefficient (Wildman–Crippen LogP) is 1.55. The quantitative estimate of drug-likeness (QED) is 0.700. The first-order valence-electron chi connectivity index (χ1n) is 7.34. The summed E-state index contributed by atoms with van der Waals surface area (Å²) in [4.78, 5) is 13.7. The molecular weight excluding hydrogens is 228 g/mol. The summed E-state index contributed by atoms with van der Waals surface area (Å²) in [5.41, 5.74) is 0. The zero-order valence-corrected chi connectivity index (χ0v) is 11.5. The zero-order valence-electron chi connectivity index (χ0n) is 11.5. The molecular formula is C14H26N2O2. The van der Waals surface area contributed by atoms with Crippen LogP contribution in [0, 0.1) is 0 Å². The molecule has 1 heterocycles. The maximum Gasteiger partial charge on any atom is 0.305 e. The molecule has 1 saturated heterocycles. The molecule has 0 amide bonds. The molecule has 0 spiro atoms. The highest BCUT2D eigenvalue weighted by Gasteiger charge is 2.26. The smallest absolute Gasteiger partial charge is 0.305 e. The van der Waals surface area contributed by atoms with Crippen molar-refractivity contribution in [3.63, 3.8) is 0 Å². The van der Waals surface area contributed by atoms with Crippen molar-refractivity contribution in [2.75, 3.05) is 26.7 Å². The van der Waals surface area contributed by atoms with E-state index in [-0.39, 0.29) is 5.97 Å². The summed E-state index contributed by atoms with van der Waals surface area (Å²) in [6.07, 6.45) is 8.15. The second kappa shape index (κ2) is 7.10. The third-order valence-corrected chi connectivity index (χ3v) is 4.02. The van der Waals surface area contributed by atoms with Crippen LogP contribution in [0.2, 0.25) is 0 Å². The Morgan fingerprint density at radius 3 is 2.89 bits per heavy atom. The summed E-state index contributed by atoms with van der Waals surface area (Å²) in [5, 5.41) is 3.63. The molecule has 2 fully saturated rings. The SMILES string of the molecule is COC(=O)CCCN1CCCCC1CNC1CC1. The number of esters is 1. The fourth-order valence-corrected chi connectivity index (χ4v) is 2.70. The maximum atomic E-state index is 11.1. The van der Waals surface area contributed by atoms with Crippen LogP contribution >= 0.6 is 0 Å². The molecule has 4 nitrogen and oxygen atoms in total. The van der Waals surface area contributed by atoms with E-state index in [1.165, 1.54) is 45.8 Å². The second-order valence-electron chi connectivity index (χ2n) is 5.55. The van der Waals surface area contributed by atoms with Gasteiger partial charge in [-0.15, -0.1) is 0 Å². The molecule has 1 atom stereocenters. The monoisotopic (exact) mass is 254 g/mol. The Morgan fingerprint density at radius 2 is 2.17 bits per heavy atom. The van der Waals surface area contributed by atoms with Gasteiger partial charge in [0.15, 0.2) is 0 Å². The summed E-state index contributed by atoms with van der Waals surface area (Å²) >= 11 is 0. The molecule has 2 rings (SSSR count). The van der Waals surface area contributed by atoms with Crippen molar-refractivity contribution in [2.45, 2.75) is 57.0 Å². The van der Waals surface area contributed by atoms with Gasteiger partial charge in [0.1, 0.15) is 0 Å². The summed E-state index contributed by atoms with van der Waals surface area (Å²) in [6, 6.07) is 1.47. The Labute approximate surface area is 110 Å². The maximum absolute atomic E-state index is 11.1. The lowest BCUT2D eigenvalue weighted by Crippen LogP contribution is -2.46. The van der Waals surface area contributed by atoms with Gasteiger partial charge in [-0.3, -0.25) is 9.69 Å². The van der Waals surface area contributed by atoms with Gasteiger partial charge in [0.25, 0.3) is 0 Å². The number of piperidine rings is 1. The van der Waals surface area contributed by atoms with E-state index < -0.39 is 0 Å². The predicted molar refractivity (Wildman–Crippen MR) is 71.5 cm³/mol. The van der Waals surface area contributed by atoms with E-state index in [4.69, 9.17) is 0 Å². The highest BCUT2D eigenvalue weighted by molar-refractivity contribution is 5.69. The van der Waals surface area contributed by atoms with E-state index in [0.29, 0.717) is 12.5 Å². The van der Waals surface area contributed by atoms with Gasteiger partial charge in [-0.1, -0.05) is 6.42 Å². The minimum Gasteiger partial charge on any atom is -0.469 e. The Kier molecular flexibility index (Phi) is 5.45. The third-order valence-electron chi connectivity index (χ3n) is 4.02. The molecule has 0 aromatic carbocycles. The molecule has 0 radical (unpaired) electrons. The largest absolute Gasteiger partial charge is 0.469 e. The van der Waals surface area contributed by atoms with Crippen LogP contribution in [0.4, 0.5) is 0 Å². The van der Waals surface area contributed by atoms with Gasteiger partial charge in [0.2, 0.25) is 0 Å². The summed E-state index contributed by atoms with van der Waals surface area (Å²) in [5.74, 6) is -0.0836. The number of nitrogens with one attached hydrogen (secondary N) is 1. The molecule has 4 heteroatoms. The van der Waals surface area contributed by atoms with Crippen LogP contribution in [-0.2, 0) is 9.53 Å². The standard InChI is InChI=1S/C14H26N2O2/c1-18-14(17)6-4-10-16-9-3-2-5-13(16)11-15-12-7-8-12/h12-13,15H,2-11H2,1H3. The van der Waals surface area contributed by atoms with Gasteiger partial charge in [-0.05, 0) is 45.2 Å². The lowest BCUT2D eigenvalue weighted by atomic mass is 10.0. The number of carbonyl (C=O) groups excluding carboxylic acids is 1. The Balaban J connectivity index is 1.66. The Hall–Kier alpha value is -0.610. The van der Waals surface area contributed by atoms with Crippen molar-refractivity contribution in [3.8, 4) is 0 Å². The van der Waals surface area contributed by atoms with Crippen LogP contribution < -0.4 is 5.32 Å². The van der Waals surface area contributed by atoms with Crippen LogP contribution in [0.1, 0.15) is 44.9 Å². The van der Waals surface area contributed by atoms with Gasteiger partial charge >= 0.3 is 5.97 Å². The number of carbonyl (C=O) groups is 1. The number of hydrogen-bond donors (Lipinski definition) is 1. The van der Waals surface area contributed by atoms with Crippen molar-refractivity contribution in [3.05, 3.63) is 0 Å². The van der Waals surface area contributed by atoms with E-state index in [1.54, 1.807) is 0 Å². The first-order chi connectivity index (χ1) is 8.79. The van der Waals surface area contributed by atoms with Crippen LogP contribution in [-0.4, -0.2) is 49.7 Å². The number of methoxy groups -OCH3 is 1. The van der Waals surface area contributed by atoms with Crippen LogP contribution in [0.5, 0.6) is 0 Å². The van der Waals surface area contributed by atoms with Crippen molar-refractivity contribution in [1.82, 2.24) is 10.2 Å². The highest BCUT2D eigenvalue weighted by atomic mass is 16.5. The fourth-order valence-electron chi connectivity index (χ4n) is 2.70. The second-order valence-corrected chi connectivity index (χ2v) is 5.55. The molecule has 1 N–H and O–H groups in total. The van der Waals surface area contributed by atoms with Crippen LogP contribution in [0.3, 0.4) is 0 Å². The molecule has 1 saturated carbocycles. The third kappa shape index (κ3) is 4.58. The number of ether oxygens (including phenoxy) is 1. The minimum atomic E-state index is -0.0836. The van der Waals surface area contributed by atoms with Crippen molar-refractivity contribution >= 4 is 5.97 Å². The molecule has 0 aromatic heterocycles. The molecule has 104 valence electrons. The highest BCUT2D eigenvalue weighted by Crippen LogP contribution is 2.21. The molecule has 1 unspecified atom stereocenters. The molecule has 1 aliphatic carbocycles. The average molecular weight is 254 g/mol. The molecule has 2 aliphatic rings. The van der Waals surface area contributed by atoms with Crippen LogP contribution in [0.15, 0.2) is 0 Å². The van der Waals surface area contributed by atoms with Gasteiger partial charge < -0.3 is 10.1 Å². The van der Waals surface area contributed by atoms with E-state index in [9.17, 15) is 4.79 Å². The average Bonchev–Trinajstić information content (AvgIpc) is 3.21. The summed E-state index contributed by atoms with van der Waals surface area (Å²) in [6.45, 7) is 3.35. The number of hydrogen-bond acceptors (Lipinski definition) is 4. The topological polar surface area (TPSA) is 41.6 Å². The van der Waals surface area contributed by atoms with Gasteiger partial charge in [0, 0.05) is 25.0 Å². The number of nitrogens with zero attached hydrogens (tertiary/aromatic N) is 1. The van der Waals surface area contributed by atoms with E-state index in [1.807, 2.05) is 0 Å². The molecule has 0 aromatic rings. The van der Waals surface area contributed by atoms with Crippen molar-refractivity contribution in [1.29, 1.82) is 0 Å². The van der Waals surface area contributed by atoms with Crippen molar-refractivity contribution < 1.29 is 9.53 Å². The van der Waals surface area contributed by atoms with E-state index in [2.05, 4.69) is 15.0 Å². The lowest BCUT2D eigenvalue weighted by Gasteiger charge is -2.36. The first kappa shape index (κ1) is 13.8. The first-order valence-corrected chi connectivity index (χ1v) is 7.34. The molecule has 18 heavy (non-hydrogen) atoms. The summed E-state index contributed by atoms with van der Waals surface area (Å²) < 4.78 is 4.68. The van der Waals surface area contributed by atoms with Gasteiger partial charge in [-0.25, -0.2) is 0 Å². The summed E-state index contributed by atoms with van der Waals surface area (Å²) in [7, 11) is 1.46. The van der Waals surface area contributed by atoms with E-state index in [0.717, 1.165) is 25.6 Å². The van der Waals surface area contributed by atoms with E-state index >= 15 is 0 Å². The number of rotatable bonds is 7. The normalized spacial score (nSPS) is 25.1. The molecule has 1 aliphatic heterocycles. The fraction of sp³-hybridized carbons (Fsp3) is 0.929.